The van der Waals surface area contributed by atoms with Gasteiger partial charge < -0.3 is 4.42 Å². The van der Waals surface area contributed by atoms with E-state index in [0.717, 1.165) is 41.2 Å². The minimum atomic E-state index is -0.379. The lowest BCUT2D eigenvalue weighted by molar-refractivity contribution is 0.434. The molecule has 0 radical (unpaired) electrons. The molecule has 1 aliphatic carbocycles. The number of benzene rings is 1. The molecule has 1 unspecified atom stereocenters. The zero-order valence-electron chi connectivity index (χ0n) is 14.3. The molecule has 8 heteroatoms. The van der Waals surface area contributed by atoms with Crippen LogP contribution in [0, 0.1) is 6.92 Å². The van der Waals surface area contributed by atoms with Gasteiger partial charge >= 0.3 is 5.76 Å². The number of oxazole rings is 1. The van der Waals surface area contributed by atoms with Crippen molar-refractivity contribution in [2.24, 2.45) is 0 Å². The monoisotopic (exact) mass is 367 g/mol. The number of hydrogen-bond acceptors (Lipinski definition) is 6. The van der Waals surface area contributed by atoms with E-state index >= 15 is 0 Å². The topological polar surface area (TPSA) is 78.7 Å². The Hall–Kier alpha value is -2.74. The smallest absolute Gasteiger partial charge is 0.408 e. The molecule has 1 aromatic carbocycles. The summed E-state index contributed by atoms with van der Waals surface area (Å²) in [6.07, 6.45) is 5.14. The zero-order valence-corrected chi connectivity index (χ0v) is 15.1. The van der Waals surface area contributed by atoms with Crippen LogP contribution in [-0.2, 0) is 13.0 Å². The Kier molecular flexibility index (Phi) is 3.53. The first-order valence-corrected chi connectivity index (χ1v) is 9.46. The van der Waals surface area contributed by atoms with Crippen molar-refractivity contribution >= 4 is 22.4 Å². The van der Waals surface area contributed by atoms with Crippen LogP contribution in [0.3, 0.4) is 0 Å². The number of thiazole rings is 1. The Labute approximate surface area is 152 Å². The highest BCUT2D eigenvalue weighted by Gasteiger charge is 2.26. The molecular formula is C18H17N5O2S. The number of rotatable bonds is 3. The molecule has 132 valence electrons. The molecule has 0 fully saturated rings. The van der Waals surface area contributed by atoms with Crippen LogP contribution in [0.4, 0.5) is 0 Å². The van der Waals surface area contributed by atoms with Crippen molar-refractivity contribution in [3.63, 3.8) is 0 Å². The van der Waals surface area contributed by atoms with Gasteiger partial charge in [0.15, 0.2) is 5.58 Å². The summed E-state index contributed by atoms with van der Waals surface area (Å²) in [5.41, 5.74) is 3.21. The highest BCUT2D eigenvalue weighted by Crippen LogP contribution is 2.35. The summed E-state index contributed by atoms with van der Waals surface area (Å²) in [4.78, 5) is 18.2. The molecule has 7 nitrogen and oxygen atoms in total. The summed E-state index contributed by atoms with van der Waals surface area (Å²) >= 11 is 1.77. The Balaban J connectivity index is 1.48. The van der Waals surface area contributed by atoms with E-state index in [2.05, 4.69) is 10.3 Å². The Morgan fingerprint density at radius 2 is 2.23 bits per heavy atom. The molecule has 1 atom stereocenters. The molecule has 1 aliphatic rings. The molecular weight excluding hydrogens is 350 g/mol. The lowest BCUT2D eigenvalue weighted by Gasteiger charge is -2.20. The molecule has 5 rings (SSSR count). The van der Waals surface area contributed by atoms with Gasteiger partial charge in [0.1, 0.15) is 5.69 Å². The van der Waals surface area contributed by atoms with Gasteiger partial charge in [-0.1, -0.05) is 17.3 Å². The third-order valence-corrected chi connectivity index (χ3v) is 5.85. The van der Waals surface area contributed by atoms with Crippen LogP contribution in [0.25, 0.3) is 11.1 Å². The maximum atomic E-state index is 12.2. The molecule has 0 saturated heterocycles. The quantitative estimate of drug-likeness (QED) is 0.556. The van der Waals surface area contributed by atoms with Crippen LogP contribution < -0.4 is 5.76 Å². The molecule has 0 aliphatic heterocycles. The van der Waals surface area contributed by atoms with Crippen LogP contribution in [-0.4, -0.2) is 24.5 Å². The normalized spacial score (nSPS) is 16.9. The van der Waals surface area contributed by atoms with E-state index in [-0.39, 0.29) is 11.8 Å². The highest BCUT2D eigenvalue weighted by molar-refractivity contribution is 7.11. The van der Waals surface area contributed by atoms with Gasteiger partial charge in [0.2, 0.25) is 0 Å². The van der Waals surface area contributed by atoms with Crippen molar-refractivity contribution in [3.8, 4) is 0 Å². The molecule has 0 spiro atoms. The fourth-order valence-electron chi connectivity index (χ4n) is 3.64. The van der Waals surface area contributed by atoms with E-state index in [9.17, 15) is 4.79 Å². The van der Waals surface area contributed by atoms with Crippen LogP contribution in [0.2, 0.25) is 0 Å². The lowest BCUT2D eigenvalue weighted by Crippen LogP contribution is -2.17. The zero-order chi connectivity index (χ0) is 17.7. The second kappa shape index (κ2) is 5.91. The molecule has 0 amide bonds. The van der Waals surface area contributed by atoms with Gasteiger partial charge in [-0.15, -0.1) is 16.4 Å². The second-order valence-electron chi connectivity index (χ2n) is 6.56. The van der Waals surface area contributed by atoms with Gasteiger partial charge in [0, 0.05) is 4.88 Å². The van der Waals surface area contributed by atoms with Crippen molar-refractivity contribution in [2.75, 3.05) is 0 Å². The molecule has 0 bridgehead atoms. The Morgan fingerprint density at radius 3 is 3.15 bits per heavy atom. The first-order valence-electron chi connectivity index (χ1n) is 8.64. The summed E-state index contributed by atoms with van der Waals surface area (Å²) in [6, 6.07) is 7.53. The SMILES string of the molecule is Cc1nc2c(s1)CCCC2n1cc(Cn2c(=O)oc3ccccc32)nn1. The number of fused-ring (bicyclic) bond motifs is 2. The molecule has 3 aromatic heterocycles. The van der Waals surface area contributed by atoms with Crippen LogP contribution in [0.1, 0.15) is 40.2 Å². The molecule has 0 N–H and O–H groups in total. The van der Waals surface area contributed by atoms with Gasteiger partial charge in [-0.25, -0.2) is 14.5 Å². The van der Waals surface area contributed by atoms with Gasteiger partial charge in [-0.2, -0.15) is 0 Å². The number of hydrogen-bond donors (Lipinski definition) is 0. The van der Waals surface area contributed by atoms with Crippen molar-refractivity contribution in [3.05, 3.63) is 62.3 Å². The first kappa shape index (κ1) is 15.5. The minimum absolute atomic E-state index is 0.128. The van der Waals surface area contributed by atoms with E-state index in [4.69, 9.17) is 9.40 Å². The minimum Gasteiger partial charge on any atom is -0.408 e. The maximum Gasteiger partial charge on any atom is 0.420 e. The highest BCUT2D eigenvalue weighted by atomic mass is 32.1. The van der Waals surface area contributed by atoms with Crippen LogP contribution in [0.15, 0.2) is 39.7 Å². The molecule has 0 saturated carbocycles. The standard InChI is InChI=1S/C18H17N5O2S/c1-11-19-17-14(6-4-8-16(17)26-11)23-10-12(20-21-23)9-22-13-5-2-3-7-15(13)25-18(22)24/h2-3,5,7,10,14H,4,6,8-9H2,1H3. The van der Waals surface area contributed by atoms with E-state index in [0.29, 0.717) is 12.1 Å². The number of nitrogens with zero attached hydrogens (tertiary/aromatic N) is 5. The fourth-order valence-corrected chi connectivity index (χ4v) is 4.67. The predicted octanol–water partition coefficient (Wildman–Crippen LogP) is 2.92. The van der Waals surface area contributed by atoms with Crippen molar-refractivity contribution in [1.82, 2.24) is 24.5 Å². The van der Waals surface area contributed by atoms with E-state index in [1.165, 1.54) is 4.88 Å². The summed E-state index contributed by atoms with van der Waals surface area (Å²) in [5.74, 6) is -0.379. The Bertz CT molecular complexity index is 1150. The third-order valence-electron chi connectivity index (χ3n) is 4.80. The molecule has 3 heterocycles. The van der Waals surface area contributed by atoms with Crippen LogP contribution >= 0.6 is 11.3 Å². The molecule has 26 heavy (non-hydrogen) atoms. The summed E-state index contributed by atoms with van der Waals surface area (Å²) in [7, 11) is 0. The van der Waals surface area contributed by atoms with E-state index in [1.807, 2.05) is 36.0 Å². The van der Waals surface area contributed by atoms with Gasteiger partial charge in [-0.3, -0.25) is 4.57 Å². The first-order chi connectivity index (χ1) is 12.7. The van der Waals surface area contributed by atoms with Gasteiger partial charge in [0.25, 0.3) is 0 Å². The fraction of sp³-hybridized carbons (Fsp3) is 0.333. The van der Waals surface area contributed by atoms with Crippen molar-refractivity contribution in [1.29, 1.82) is 0 Å². The lowest BCUT2D eigenvalue weighted by atomic mass is 9.98. The second-order valence-corrected chi connectivity index (χ2v) is 7.85. The number of para-hydroxylation sites is 2. The Morgan fingerprint density at radius 1 is 1.35 bits per heavy atom. The third kappa shape index (κ3) is 2.48. The average Bonchev–Trinajstić information content (AvgIpc) is 3.32. The largest absolute Gasteiger partial charge is 0.420 e. The summed E-state index contributed by atoms with van der Waals surface area (Å²) in [5, 5.41) is 9.70. The number of aryl methyl sites for hydroxylation is 2. The van der Waals surface area contributed by atoms with E-state index in [1.54, 1.807) is 22.0 Å². The van der Waals surface area contributed by atoms with Crippen LogP contribution in [0.5, 0.6) is 0 Å². The van der Waals surface area contributed by atoms with Crippen molar-refractivity contribution < 1.29 is 4.42 Å². The average molecular weight is 367 g/mol. The van der Waals surface area contributed by atoms with Gasteiger partial charge in [0.05, 0.1) is 35.0 Å². The number of aromatic nitrogens is 5. The summed E-state index contributed by atoms with van der Waals surface area (Å²) in [6.45, 7) is 2.38. The maximum absolute atomic E-state index is 12.2. The summed E-state index contributed by atoms with van der Waals surface area (Å²) < 4.78 is 8.76. The van der Waals surface area contributed by atoms with Gasteiger partial charge in [-0.05, 0) is 38.3 Å². The van der Waals surface area contributed by atoms with Crippen molar-refractivity contribution in [2.45, 2.75) is 38.8 Å². The predicted molar refractivity (Wildman–Crippen MR) is 97.5 cm³/mol. The van der Waals surface area contributed by atoms with E-state index < -0.39 is 0 Å². The molecule has 4 aromatic rings.